The predicted octanol–water partition coefficient (Wildman–Crippen LogP) is 4.87. The largest absolute Gasteiger partial charge is 0.522 e. The van der Waals surface area contributed by atoms with Gasteiger partial charge in [-0.2, -0.15) is 0 Å². The Balaban J connectivity index is 1.18. The summed E-state index contributed by atoms with van der Waals surface area (Å²) in [6.07, 6.45) is -2.25. The molecular weight excluding hydrogens is 470 g/mol. The number of carbonyl (C=O) groups excluding carboxylic acids is 1. The van der Waals surface area contributed by atoms with Crippen LogP contribution in [0.2, 0.25) is 5.02 Å². The fourth-order valence-corrected chi connectivity index (χ4v) is 4.22. The van der Waals surface area contributed by atoms with Crippen LogP contribution in [0.1, 0.15) is 62.1 Å². The average Bonchev–Trinajstić information content (AvgIpc) is 3.21. The van der Waals surface area contributed by atoms with E-state index in [1.165, 1.54) is 12.1 Å². The Kier molecular flexibility index (Phi) is 7.08. The van der Waals surface area contributed by atoms with E-state index in [-0.39, 0.29) is 54.0 Å². The highest BCUT2D eigenvalue weighted by molar-refractivity contribution is 6.30. The Morgan fingerprint density at radius 1 is 1.12 bits per heavy atom. The minimum atomic E-state index is -4.64. The third kappa shape index (κ3) is 6.35. The minimum absolute atomic E-state index is 0.0238. The third-order valence-electron chi connectivity index (χ3n) is 5.90. The molecule has 2 saturated carbocycles. The average molecular weight is 492 g/mol. The fraction of sp³-hybridized carbons (Fsp3) is 0.571. The summed E-state index contributed by atoms with van der Waals surface area (Å²) < 4.78 is 65.1. The highest BCUT2D eigenvalue weighted by Gasteiger charge is 2.42. The van der Waals surface area contributed by atoms with Crippen molar-refractivity contribution in [2.75, 3.05) is 6.61 Å². The summed E-state index contributed by atoms with van der Waals surface area (Å²) in [6.45, 7) is -0.242. The second-order valence-corrected chi connectivity index (χ2v) is 8.72. The molecule has 0 saturated heterocycles. The van der Waals surface area contributed by atoms with Crippen LogP contribution in [0.25, 0.3) is 0 Å². The molecule has 12 heteroatoms. The molecule has 1 heterocycles. The Labute approximate surface area is 191 Å². The van der Waals surface area contributed by atoms with Crippen molar-refractivity contribution in [1.29, 1.82) is 0 Å². The van der Waals surface area contributed by atoms with Crippen LogP contribution in [-0.4, -0.2) is 41.2 Å². The second-order valence-electron chi connectivity index (χ2n) is 8.31. The van der Waals surface area contributed by atoms with Gasteiger partial charge in [-0.1, -0.05) is 11.6 Å². The summed E-state index contributed by atoms with van der Waals surface area (Å²) in [5.74, 6) is -0.0799. The Morgan fingerprint density at radius 2 is 1.79 bits per heavy atom. The lowest BCUT2D eigenvalue weighted by molar-refractivity contribution is -0.352. The van der Waals surface area contributed by atoms with E-state index in [4.69, 9.17) is 20.8 Å². The van der Waals surface area contributed by atoms with E-state index in [1.54, 1.807) is 0 Å². The highest BCUT2D eigenvalue weighted by atomic mass is 35.5. The van der Waals surface area contributed by atoms with E-state index in [1.807, 2.05) is 0 Å². The Hall–Kier alpha value is -2.40. The zero-order valence-corrected chi connectivity index (χ0v) is 18.2. The maximum Gasteiger partial charge on any atom is 0.522 e. The van der Waals surface area contributed by atoms with Gasteiger partial charge in [0.2, 0.25) is 11.8 Å². The van der Waals surface area contributed by atoms with Gasteiger partial charge < -0.3 is 14.5 Å². The van der Waals surface area contributed by atoms with Crippen LogP contribution in [0.5, 0.6) is 5.75 Å². The van der Waals surface area contributed by atoms with Crippen LogP contribution in [0.3, 0.4) is 0 Å². The molecule has 2 fully saturated rings. The molecule has 4 rings (SSSR count). The molecule has 0 bridgehead atoms. The molecule has 2 aliphatic carbocycles. The number of benzene rings is 1. The van der Waals surface area contributed by atoms with Crippen molar-refractivity contribution in [3.63, 3.8) is 0 Å². The van der Waals surface area contributed by atoms with Gasteiger partial charge in [0.25, 0.3) is 5.91 Å². The molecule has 33 heavy (non-hydrogen) atoms. The van der Waals surface area contributed by atoms with Crippen molar-refractivity contribution in [1.82, 2.24) is 15.5 Å². The van der Waals surface area contributed by atoms with Gasteiger partial charge >= 0.3 is 6.36 Å². The van der Waals surface area contributed by atoms with Gasteiger partial charge in [-0.25, -0.2) is 4.39 Å². The van der Waals surface area contributed by atoms with E-state index in [9.17, 15) is 22.4 Å². The van der Waals surface area contributed by atoms with Gasteiger partial charge in [0.15, 0.2) is 6.61 Å². The summed E-state index contributed by atoms with van der Waals surface area (Å²) >= 11 is 5.61. The number of halogens is 5. The number of ether oxygens (including phenoxy) is 2. The molecule has 0 spiro atoms. The van der Waals surface area contributed by atoms with E-state index < -0.39 is 18.3 Å². The van der Waals surface area contributed by atoms with Gasteiger partial charge in [0.1, 0.15) is 11.6 Å². The molecule has 2 aromatic rings. The van der Waals surface area contributed by atoms with Gasteiger partial charge in [-0.15, -0.1) is 23.4 Å². The number of alkyl halides is 3. The van der Waals surface area contributed by atoms with Crippen LogP contribution in [-0.2, 0) is 9.53 Å². The smallest absolute Gasteiger partial charge is 0.484 e. The van der Waals surface area contributed by atoms with Gasteiger partial charge in [0, 0.05) is 23.9 Å². The standard InChI is InChI=1S/C21H22ClF4N3O4/c22-16-6-5-14(9-17(16)23)31-10-18(30)27-13-3-1-11(2-4-13)19-28-29-20(32-19)12-7-15(8-12)33-21(24,25)26/h5-6,9,11-13,15H,1-4,7-8,10H2,(H,27,30)/t11-,12?,13-,15?. The Morgan fingerprint density at radius 3 is 2.42 bits per heavy atom. The minimum Gasteiger partial charge on any atom is -0.484 e. The summed E-state index contributed by atoms with van der Waals surface area (Å²) in [7, 11) is 0. The molecule has 1 N–H and O–H groups in total. The van der Waals surface area contributed by atoms with Crippen molar-refractivity contribution < 1.29 is 36.2 Å². The predicted molar refractivity (Wildman–Crippen MR) is 107 cm³/mol. The second kappa shape index (κ2) is 9.84. The molecule has 1 amide bonds. The van der Waals surface area contributed by atoms with Crippen molar-refractivity contribution in [3.05, 3.63) is 40.8 Å². The van der Waals surface area contributed by atoms with Crippen LogP contribution >= 0.6 is 11.6 Å². The van der Waals surface area contributed by atoms with E-state index in [2.05, 4.69) is 20.3 Å². The molecule has 2 aliphatic rings. The lowest BCUT2D eigenvalue weighted by Gasteiger charge is -2.33. The van der Waals surface area contributed by atoms with Crippen molar-refractivity contribution in [3.8, 4) is 5.75 Å². The lowest BCUT2D eigenvalue weighted by atomic mass is 9.82. The first-order valence-electron chi connectivity index (χ1n) is 10.6. The van der Waals surface area contributed by atoms with Crippen LogP contribution in [0.4, 0.5) is 17.6 Å². The molecule has 0 radical (unpaired) electrons. The van der Waals surface area contributed by atoms with Crippen molar-refractivity contribution in [2.45, 2.75) is 68.9 Å². The first kappa shape index (κ1) is 23.7. The van der Waals surface area contributed by atoms with E-state index in [0.717, 1.165) is 18.9 Å². The summed E-state index contributed by atoms with van der Waals surface area (Å²) in [5, 5.41) is 11.0. The normalized spacial score (nSPS) is 25.4. The van der Waals surface area contributed by atoms with Gasteiger partial charge in [0.05, 0.1) is 11.1 Å². The molecule has 0 atom stereocenters. The van der Waals surface area contributed by atoms with Crippen LogP contribution < -0.4 is 10.1 Å². The Bertz CT molecular complexity index is 973. The number of nitrogens with one attached hydrogen (secondary N) is 1. The molecule has 1 aromatic heterocycles. The molecule has 180 valence electrons. The highest BCUT2D eigenvalue weighted by Crippen LogP contribution is 2.42. The van der Waals surface area contributed by atoms with Crippen molar-refractivity contribution >= 4 is 17.5 Å². The van der Waals surface area contributed by atoms with E-state index in [0.29, 0.717) is 24.6 Å². The monoisotopic (exact) mass is 491 g/mol. The first-order chi connectivity index (χ1) is 15.7. The van der Waals surface area contributed by atoms with Gasteiger partial charge in [-0.05, 0) is 50.7 Å². The summed E-state index contributed by atoms with van der Waals surface area (Å²) in [4.78, 5) is 12.1. The number of rotatable bonds is 7. The summed E-state index contributed by atoms with van der Waals surface area (Å²) in [6, 6.07) is 3.92. The van der Waals surface area contributed by atoms with Crippen LogP contribution in [0.15, 0.2) is 22.6 Å². The number of carbonyl (C=O) groups is 1. The lowest BCUT2D eigenvalue weighted by Crippen LogP contribution is -2.39. The summed E-state index contributed by atoms with van der Waals surface area (Å²) in [5.41, 5.74) is 0. The van der Waals surface area contributed by atoms with E-state index >= 15 is 0 Å². The molecular formula is C21H22ClF4N3O4. The zero-order valence-electron chi connectivity index (χ0n) is 17.4. The number of amides is 1. The van der Waals surface area contributed by atoms with Crippen LogP contribution in [0, 0.1) is 5.82 Å². The molecule has 0 aliphatic heterocycles. The first-order valence-corrected chi connectivity index (χ1v) is 11.0. The number of hydrogen-bond donors (Lipinski definition) is 1. The SMILES string of the molecule is O=C(COc1ccc(Cl)c(F)c1)N[C@H]1CC[C@H](c2nnc(C3CC(OC(F)(F)F)C3)o2)CC1. The van der Waals surface area contributed by atoms with Gasteiger partial charge in [-0.3, -0.25) is 9.53 Å². The molecule has 1 aromatic carbocycles. The molecule has 7 nitrogen and oxygen atoms in total. The topological polar surface area (TPSA) is 86.5 Å². The number of aromatic nitrogens is 2. The van der Waals surface area contributed by atoms with Crippen molar-refractivity contribution in [2.24, 2.45) is 0 Å². The third-order valence-corrected chi connectivity index (χ3v) is 6.21. The molecule has 0 unspecified atom stereocenters. The maximum absolute atomic E-state index is 13.4. The quantitative estimate of drug-likeness (QED) is 0.556. The number of hydrogen-bond acceptors (Lipinski definition) is 6. The number of nitrogens with zero attached hydrogens (tertiary/aromatic N) is 2. The maximum atomic E-state index is 13.4. The fourth-order valence-electron chi connectivity index (χ4n) is 4.10. The zero-order chi connectivity index (χ0) is 23.6.